The van der Waals surface area contributed by atoms with Crippen LogP contribution in [0.1, 0.15) is 35.2 Å². The Balaban J connectivity index is 1.25. The molecule has 1 aliphatic heterocycles. The van der Waals surface area contributed by atoms with Gasteiger partial charge in [0.2, 0.25) is 5.88 Å². The Labute approximate surface area is 195 Å². The lowest BCUT2D eigenvalue weighted by Crippen LogP contribution is -2.35. The molecule has 0 saturated carbocycles. The third-order valence-electron chi connectivity index (χ3n) is 6.85. The van der Waals surface area contributed by atoms with Gasteiger partial charge in [0, 0.05) is 31.2 Å². The van der Waals surface area contributed by atoms with Gasteiger partial charge in [-0.2, -0.15) is 0 Å². The van der Waals surface area contributed by atoms with Crippen molar-refractivity contribution in [3.05, 3.63) is 83.6 Å². The molecule has 4 heterocycles. The Kier molecular flexibility index (Phi) is 6.35. The largest absolute Gasteiger partial charge is 0.477 e. The first kappa shape index (κ1) is 21.6. The van der Waals surface area contributed by atoms with Crippen molar-refractivity contribution < 1.29 is 4.74 Å². The molecule has 0 amide bonds. The molecule has 6 heteroatoms. The average Bonchev–Trinajstić information content (AvgIpc) is 3.10. The zero-order chi connectivity index (χ0) is 22.6. The van der Waals surface area contributed by atoms with Gasteiger partial charge in [-0.05, 0) is 68.5 Å². The summed E-state index contributed by atoms with van der Waals surface area (Å²) < 4.78 is 8.59. The summed E-state index contributed by atoms with van der Waals surface area (Å²) in [5, 5.41) is 1.04. The topological polar surface area (TPSA) is 56.1 Å². The summed E-state index contributed by atoms with van der Waals surface area (Å²) in [6.45, 7) is 8.95. The van der Waals surface area contributed by atoms with Gasteiger partial charge < -0.3 is 9.30 Å². The number of nitrogens with zero attached hydrogens (tertiary/aromatic N) is 5. The zero-order valence-electron chi connectivity index (χ0n) is 19.4. The number of aryl methyl sites for hydroxylation is 1. The van der Waals surface area contributed by atoms with Crippen molar-refractivity contribution in [1.82, 2.24) is 24.4 Å². The standard InChI is InChI=1S/C27H31N5O/c1-20-21(2)32(17-22-7-4-3-5-8-22)26-25(20)27(30-19-29-26)33-18-23-10-13-31(14-11-23)16-24-9-6-12-28-15-24/h3-9,12,15,19,23H,10-11,13-14,16-18H2,1-2H3. The van der Waals surface area contributed by atoms with Gasteiger partial charge in [0.1, 0.15) is 12.0 Å². The van der Waals surface area contributed by atoms with Gasteiger partial charge in [-0.3, -0.25) is 9.88 Å². The maximum atomic E-state index is 6.32. The Hall–Kier alpha value is -3.25. The minimum absolute atomic E-state index is 0.549. The first-order valence-corrected chi connectivity index (χ1v) is 11.8. The maximum absolute atomic E-state index is 6.32. The van der Waals surface area contributed by atoms with Gasteiger partial charge in [-0.1, -0.05) is 36.4 Å². The zero-order valence-corrected chi connectivity index (χ0v) is 19.4. The minimum atomic E-state index is 0.549. The number of fused-ring (bicyclic) bond motifs is 1. The number of piperidine rings is 1. The highest BCUT2D eigenvalue weighted by atomic mass is 16.5. The lowest BCUT2D eigenvalue weighted by atomic mass is 9.97. The van der Waals surface area contributed by atoms with E-state index in [4.69, 9.17) is 4.74 Å². The monoisotopic (exact) mass is 441 g/mol. The molecule has 170 valence electrons. The second-order valence-electron chi connectivity index (χ2n) is 9.05. The van der Waals surface area contributed by atoms with Crippen LogP contribution in [0.15, 0.2) is 61.2 Å². The first-order chi connectivity index (χ1) is 16.2. The van der Waals surface area contributed by atoms with Gasteiger partial charge in [-0.25, -0.2) is 9.97 Å². The second-order valence-corrected chi connectivity index (χ2v) is 9.05. The van der Waals surface area contributed by atoms with Crippen LogP contribution in [-0.4, -0.2) is 44.1 Å². The molecule has 0 N–H and O–H groups in total. The van der Waals surface area contributed by atoms with E-state index < -0.39 is 0 Å². The molecule has 1 aliphatic rings. The van der Waals surface area contributed by atoms with E-state index in [2.05, 4.69) is 68.6 Å². The van der Waals surface area contributed by atoms with Gasteiger partial charge in [-0.15, -0.1) is 0 Å². The molecule has 4 aromatic rings. The molecule has 0 radical (unpaired) electrons. The number of benzene rings is 1. The Bertz CT molecular complexity index is 1200. The number of pyridine rings is 1. The summed E-state index contributed by atoms with van der Waals surface area (Å²) in [7, 11) is 0. The highest BCUT2D eigenvalue weighted by Crippen LogP contribution is 2.31. The van der Waals surface area contributed by atoms with E-state index in [0.717, 1.165) is 50.1 Å². The first-order valence-electron chi connectivity index (χ1n) is 11.8. The molecule has 1 fully saturated rings. The quantitative estimate of drug-likeness (QED) is 0.413. The van der Waals surface area contributed by atoms with Crippen LogP contribution < -0.4 is 4.74 Å². The molecule has 33 heavy (non-hydrogen) atoms. The fourth-order valence-corrected chi connectivity index (χ4v) is 4.76. The number of aromatic nitrogens is 4. The molecule has 1 aromatic carbocycles. The van der Waals surface area contributed by atoms with Crippen molar-refractivity contribution in [2.75, 3.05) is 19.7 Å². The van der Waals surface area contributed by atoms with E-state index in [0.29, 0.717) is 18.4 Å². The molecule has 6 nitrogen and oxygen atoms in total. The van der Waals surface area contributed by atoms with Crippen molar-refractivity contribution in [2.24, 2.45) is 5.92 Å². The van der Waals surface area contributed by atoms with Crippen LogP contribution in [-0.2, 0) is 13.1 Å². The van der Waals surface area contributed by atoms with Crippen LogP contribution in [0.25, 0.3) is 11.0 Å². The molecule has 1 saturated heterocycles. The molecular weight excluding hydrogens is 410 g/mol. The summed E-state index contributed by atoms with van der Waals surface area (Å²) in [5.74, 6) is 1.26. The molecule has 0 aliphatic carbocycles. The number of likely N-dealkylation sites (tertiary alicyclic amines) is 1. The molecule has 0 spiro atoms. The second kappa shape index (κ2) is 9.71. The van der Waals surface area contributed by atoms with E-state index in [9.17, 15) is 0 Å². The van der Waals surface area contributed by atoms with Crippen molar-refractivity contribution >= 4 is 11.0 Å². The Morgan fingerprint density at radius 2 is 1.73 bits per heavy atom. The smallest absolute Gasteiger partial charge is 0.226 e. The van der Waals surface area contributed by atoms with E-state index in [1.807, 2.05) is 24.5 Å². The Morgan fingerprint density at radius 3 is 2.48 bits per heavy atom. The lowest BCUT2D eigenvalue weighted by Gasteiger charge is -2.31. The van der Waals surface area contributed by atoms with Crippen LogP contribution in [0.2, 0.25) is 0 Å². The van der Waals surface area contributed by atoms with Gasteiger partial charge in [0.15, 0.2) is 0 Å². The summed E-state index contributed by atoms with van der Waals surface area (Å²) in [6, 6.07) is 14.7. The van der Waals surface area contributed by atoms with Gasteiger partial charge in [0.05, 0.1) is 12.0 Å². The van der Waals surface area contributed by atoms with Crippen LogP contribution >= 0.6 is 0 Å². The van der Waals surface area contributed by atoms with Crippen LogP contribution in [0, 0.1) is 19.8 Å². The molecule has 5 rings (SSSR count). The van der Waals surface area contributed by atoms with E-state index >= 15 is 0 Å². The van der Waals surface area contributed by atoms with Gasteiger partial charge in [0.25, 0.3) is 0 Å². The van der Waals surface area contributed by atoms with Crippen LogP contribution in [0.3, 0.4) is 0 Å². The SMILES string of the molecule is Cc1c(C)n(Cc2ccccc2)c2ncnc(OCC3CCN(Cc4cccnc4)CC3)c12. The number of rotatable bonds is 7. The minimum Gasteiger partial charge on any atom is -0.477 e. The number of ether oxygens (including phenoxy) is 1. The summed E-state index contributed by atoms with van der Waals surface area (Å²) in [6.07, 6.45) is 7.71. The highest BCUT2D eigenvalue weighted by molar-refractivity contribution is 5.86. The molecule has 0 unspecified atom stereocenters. The fraction of sp³-hybridized carbons (Fsp3) is 0.370. The third kappa shape index (κ3) is 4.76. The molecular formula is C27H31N5O. The lowest BCUT2D eigenvalue weighted by molar-refractivity contribution is 0.135. The normalized spacial score (nSPS) is 15.2. The predicted octanol–water partition coefficient (Wildman–Crippen LogP) is 4.78. The average molecular weight is 442 g/mol. The fourth-order valence-electron chi connectivity index (χ4n) is 4.76. The molecule has 0 atom stereocenters. The van der Waals surface area contributed by atoms with E-state index in [-0.39, 0.29) is 0 Å². The van der Waals surface area contributed by atoms with Crippen molar-refractivity contribution in [1.29, 1.82) is 0 Å². The summed E-state index contributed by atoms with van der Waals surface area (Å²) >= 11 is 0. The number of hydrogen-bond donors (Lipinski definition) is 0. The predicted molar refractivity (Wildman–Crippen MR) is 130 cm³/mol. The maximum Gasteiger partial charge on any atom is 0.226 e. The van der Waals surface area contributed by atoms with Crippen LogP contribution in [0.4, 0.5) is 0 Å². The third-order valence-corrected chi connectivity index (χ3v) is 6.85. The Morgan fingerprint density at radius 1 is 0.939 bits per heavy atom. The van der Waals surface area contributed by atoms with Crippen LogP contribution in [0.5, 0.6) is 5.88 Å². The number of hydrogen-bond acceptors (Lipinski definition) is 5. The summed E-state index contributed by atoms with van der Waals surface area (Å²) in [5.41, 5.74) is 5.90. The molecule has 0 bridgehead atoms. The van der Waals surface area contributed by atoms with E-state index in [1.54, 1.807) is 6.33 Å². The summed E-state index contributed by atoms with van der Waals surface area (Å²) in [4.78, 5) is 15.9. The van der Waals surface area contributed by atoms with Crippen molar-refractivity contribution in [3.63, 3.8) is 0 Å². The van der Waals surface area contributed by atoms with Crippen molar-refractivity contribution in [3.8, 4) is 5.88 Å². The highest BCUT2D eigenvalue weighted by Gasteiger charge is 2.22. The van der Waals surface area contributed by atoms with Crippen molar-refractivity contribution in [2.45, 2.75) is 39.8 Å². The van der Waals surface area contributed by atoms with E-state index in [1.165, 1.54) is 22.4 Å². The van der Waals surface area contributed by atoms with Gasteiger partial charge >= 0.3 is 0 Å². The molecule has 3 aromatic heterocycles.